The molecule has 0 aromatic rings. The molecule has 0 rings (SSSR count). The van der Waals surface area contributed by atoms with Crippen LogP contribution in [0.15, 0.2) is 0 Å². The number of carbonyl (C=O) groups is 1. The molecular weight excluding hydrogens is 310 g/mol. The molecule has 0 heterocycles. The van der Waals surface area contributed by atoms with Crippen molar-refractivity contribution in [3.63, 3.8) is 0 Å². The summed E-state index contributed by atoms with van der Waals surface area (Å²) in [4.78, 5) is 11.7. The number of hydrogen-bond donors (Lipinski definition) is 1. The number of rotatable bonds is 16. The van der Waals surface area contributed by atoms with E-state index in [0.717, 1.165) is 25.7 Å². The molecular formula is C17H36NO4Si. The standard InChI is InChI=1S/C17H36NO4Si/c1-5-6-7-8-9-10-11-12-14-17(19)18-15-13-16-23(20-2,21-3)22-4/h9H,5-8,10-16H2,1-4H3,(H,18,19). The zero-order valence-corrected chi connectivity index (χ0v) is 16.5. The van der Waals surface area contributed by atoms with Gasteiger partial charge in [0.25, 0.3) is 0 Å². The predicted octanol–water partition coefficient (Wildman–Crippen LogP) is 3.72. The molecule has 0 saturated heterocycles. The third-order valence-electron chi connectivity index (χ3n) is 3.99. The summed E-state index contributed by atoms with van der Waals surface area (Å²) >= 11 is 0. The summed E-state index contributed by atoms with van der Waals surface area (Å²) in [5, 5.41) is 2.95. The molecule has 137 valence electrons. The molecule has 0 bridgehead atoms. The Kier molecular flexibility index (Phi) is 14.8. The molecule has 6 heteroatoms. The summed E-state index contributed by atoms with van der Waals surface area (Å²) in [5.41, 5.74) is 0. The van der Waals surface area contributed by atoms with Crippen molar-refractivity contribution in [1.82, 2.24) is 5.32 Å². The zero-order valence-electron chi connectivity index (χ0n) is 15.5. The monoisotopic (exact) mass is 346 g/mol. The van der Waals surface area contributed by atoms with Gasteiger partial charge in [0.05, 0.1) is 0 Å². The molecule has 0 aromatic heterocycles. The van der Waals surface area contributed by atoms with Gasteiger partial charge >= 0.3 is 8.80 Å². The Bertz CT molecular complexity index is 278. The van der Waals surface area contributed by atoms with Gasteiger partial charge in [0.1, 0.15) is 0 Å². The highest BCUT2D eigenvalue weighted by atomic mass is 28.4. The Balaban J connectivity index is 3.50. The number of unbranched alkanes of at least 4 members (excludes halogenated alkanes) is 7. The minimum atomic E-state index is -2.50. The molecule has 1 amide bonds. The van der Waals surface area contributed by atoms with Crippen LogP contribution >= 0.6 is 0 Å². The van der Waals surface area contributed by atoms with E-state index in [2.05, 4.69) is 18.7 Å². The van der Waals surface area contributed by atoms with Crippen molar-refractivity contribution in [3.05, 3.63) is 6.42 Å². The Hall–Kier alpha value is -0.433. The van der Waals surface area contributed by atoms with Gasteiger partial charge in [0.15, 0.2) is 0 Å². The highest BCUT2D eigenvalue weighted by Gasteiger charge is 2.36. The second-order valence-electron chi connectivity index (χ2n) is 5.78. The van der Waals surface area contributed by atoms with Gasteiger partial charge in [-0.3, -0.25) is 4.79 Å². The predicted molar refractivity (Wildman–Crippen MR) is 96.1 cm³/mol. The summed E-state index contributed by atoms with van der Waals surface area (Å²) in [6, 6.07) is 0.712. The van der Waals surface area contributed by atoms with Crippen LogP contribution in [0.2, 0.25) is 6.04 Å². The average molecular weight is 347 g/mol. The van der Waals surface area contributed by atoms with Crippen LogP contribution < -0.4 is 5.32 Å². The van der Waals surface area contributed by atoms with Crippen LogP contribution in [0.4, 0.5) is 0 Å². The highest BCUT2D eigenvalue weighted by Crippen LogP contribution is 2.14. The van der Waals surface area contributed by atoms with Crippen LogP contribution in [-0.2, 0) is 18.1 Å². The topological polar surface area (TPSA) is 56.8 Å². The van der Waals surface area contributed by atoms with E-state index in [1.54, 1.807) is 21.3 Å². The first-order valence-corrected chi connectivity index (χ1v) is 10.8. The van der Waals surface area contributed by atoms with Gasteiger partial charge in [0, 0.05) is 40.3 Å². The smallest absolute Gasteiger partial charge is 0.377 e. The summed E-state index contributed by atoms with van der Waals surface area (Å²) in [7, 11) is 2.33. The van der Waals surface area contributed by atoms with Gasteiger partial charge in [-0.15, -0.1) is 0 Å². The number of nitrogens with one attached hydrogen (secondary N) is 1. The van der Waals surface area contributed by atoms with E-state index < -0.39 is 8.80 Å². The lowest BCUT2D eigenvalue weighted by Crippen LogP contribution is -2.43. The van der Waals surface area contributed by atoms with Crippen molar-refractivity contribution in [2.24, 2.45) is 0 Å². The fraction of sp³-hybridized carbons (Fsp3) is 0.882. The van der Waals surface area contributed by atoms with Gasteiger partial charge in [-0.05, 0) is 19.3 Å². The first-order chi connectivity index (χ1) is 11.1. The van der Waals surface area contributed by atoms with E-state index in [4.69, 9.17) is 13.3 Å². The third kappa shape index (κ3) is 11.7. The van der Waals surface area contributed by atoms with Crippen molar-refractivity contribution in [3.8, 4) is 0 Å². The maximum atomic E-state index is 11.7. The molecule has 23 heavy (non-hydrogen) atoms. The van der Waals surface area contributed by atoms with Crippen LogP contribution in [0.3, 0.4) is 0 Å². The molecule has 0 fully saturated rings. The molecule has 0 unspecified atom stereocenters. The lowest BCUT2D eigenvalue weighted by Gasteiger charge is -2.24. The van der Waals surface area contributed by atoms with Gasteiger partial charge in [0.2, 0.25) is 5.91 Å². The summed E-state index contributed by atoms with van der Waals surface area (Å²) in [6.45, 7) is 2.87. The summed E-state index contributed by atoms with van der Waals surface area (Å²) < 4.78 is 16.0. The largest absolute Gasteiger partial charge is 0.500 e. The lowest BCUT2D eigenvalue weighted by atomic mass is 10.1. The molecule has 0 aliphatic carbocycles. The molecule has 0 aromatic carbocycles. The number of carbonyl (C=O) groups excluding carboxylic acids is 1. The minimum absolute atomic E-state index is 0.135. The van der Waals surface area contributed by atoms with Crippen molar-refractivity contribution in [2.45, 2.75) is 70.8 Å². The quantitative estimate of drug-likeness (QED) is 0.342. The van der Waals surface area contributed by atoms with Gasteiger partial charge in [-0.1, -0.05) is 45.4 Å². The average Bonchev–Trinajstić information content (AvgIpc) is 2.58. The van der Waals surface area contributed by atoms with Crippen molar-refractivity contribution >= 4 is 14.7 Å². The zero-order chi connectivity index (χ0) is 17.4. The van der Waals surface area contributed by atoms with Crippen molar-refractivity contribution in [2.75, 3.05) is 27.9 Å². The highest BCUT2D eigenvalue weighted by molar-refractivity contribution is 6.60. The molecule has 0 saturated carbocycles. The van der Waals surface area contributed by atoms with E-state index in [-0.39, 0.29) is 5.91 Å². The van der Waals surface area contributed by atoms with Gasteiger partial charge in [-0.25, -0.2) is 0 Å². The lowest BCUT2D eigenvalue weighted by molar-refractivity contribution is -0.121. The van der Waals surface area contributed by atoms with Crippen LogP contribution in [-0.4, -0.2) is 42.6 Å². The molecule has 0 aliphatic heterocycles. The van der Waals surface area contributed by atoms with Crippen molar-refractivity contribution in [1.29, 1.82) is 0 Å². The molecule has 5 nitrogen and oxygen atoms in total. The second-order valence-corrected chi connectivity index (χ2v) is 8.87. The van der Waals surface area contributed by atoms with Crippen LogP contribution in [0.1, 0.15) is 64.7 Å². The first-order valence-electron chi connectivity index (χ1n) is 8.88. The van der Waals surface area contributed by atoms with E-state index >= 15 is 0 Å². The SMILES string of the molecule is CCCCC[CH]CCCCC(=O)NCCC[Si](OC)(OC)OC. The normalized spacial score (nSPS) is 11.7. The molecule has 0 spiro atoms. The Morgan fingerprint density at radius 2 is 1.57 bits per heavy atom. The van der Waals surface area contributed by atoms with Gasteiger partial charge < -0.3 is 18.6 Å². The maximum absolute atomic E-state index is 11.7. The fourth-order valence-electron chi connectivity index (χ4n) is 2.43. The maximum Gasteiger partial charge on any atom is 0.500 e. The van der Waals surface area contributed by atoms with Crippen molar-refractivity contribution < 1.29 is 18.1 Å². The van der Waals surface area contributed by atoms with E-state index in [9.17, 15) is 4.79 Å². The first kappa shape index (κ1) is 22.6. The minimum Gasteiger partial charge on any atom is -0.377 e. The Morgan fingerprint density at radius 1 is 0.957 bits per heavy atom. The van der Waals surface area contributed by atoms with E-state index in [1.165, 1.54) is 25.7 Å². The fourth-order valence-corrected chi connectivity index (χ4v) is 4.16. The number of amides is 1. The molecule has 0 aliphatic rings. The van der Waals surface area contributed by atoms with Crippen LogP contribution in [0, 0.1) is 6.42 Å². The van der Waals surface area contributed by atoms with Crippen LogP contribution in [0.5, 0.6) is 0 Å². The van der Waals surface area contributed by atoms with E-state index in [0.29, 0.717) is 19.0 Å². The molecule has 1 N–H and O–H groups in total. The van der Waals surface area contributed by atoms with Gasteiger partial charge in [-0.2, -0.15) is 0 Å². The summed E-state index contributed by atoms with van der Waals surface area (Å²) in [6.07, 6.45) is 12.1. The summed E-state index contributed by atoms with van der Waals surface area (Å²) in [5.74, 6) is 0.135. The second kappa shape index (κ2) is 15.1. The third-order valence-corrected chi connectivity index (χ3v) is 6.82. The van der Waals surface area contributed by atoms with Crippen LogP contribution in [0.25, 0.3) is 0 Å². The molecule has 0 atom stereocenters. The Morgan fingerprint density at radius 3 is 2.13 bits per heavy atom. The van der Waals surface area contributed by atoms with E-state index in [1.807, 2.05) is 0 Å². The molecule has 1 radical (unpaired) electrons. The number of hydrogen-bond acceptors (Lipinski definition) is 4. The Labute approximate surface area is 143 Å².